The summed E-state index contributed by atoms with van der Waals surface area (Å²) in [4.78, 5) is 23.0. The summed E-state index contributed by atoms with van der Waals surface area (Å²) in [6, 6.07) is 1.55. The van der Waals surface area contributed by atoms with Crippen molar-refractivity contribution in [3.05, 3.63) is 21.9 Å². The molecule has 1 aromatic rings. The van der Waals surface area contributed by atoms with E-state index in [-0.39, 0.29) is 6.54 Å². The standard InChI is InChI=1S/C14H21F2N3O3S/c1-13(2,3)22-12(21)19-8-14(15,16)7-18-5-10-4-9(6-23-10)11(17)20/h4,6,18H,5,7-8H2,1-3H3,(H2,17,20)(H,19,21). The van der Waals surface area contributed by atoms with Crippen LogP contribution in [-0.2, 0) is 11.3 Å². The molecule has 0 bridgehead atoms. The number of carbonyl (C=O) groups excluding carboxylic acids is 2. The number of hydrogen-bond donors (Lipinski definition) is 3. The normalized spacial score (nSPS) is 12.0. The van der Waals surface area contributed by atoms with Crippen LogP contribution in [0.15, 0.2) is 11.4 Å². The Morgan fingerprint density at radius 1 is 1.30 bits per heavy atom. The number of rotatable bonds is 7. The van der Waals surface area contributed by atoms with Gasteiger partial charge in [-0.15, -0.1) is 11.3 Å². The summed E-state index contributed by atoms with van der Waals surface area (Å²) in [7, 11) is 0. The van der Waals surface area contributed by atoms with Gasteiger partial charge < -0.3 is 21.1 Å². The van der Waals surface area contributed by atoms with Gasteiger partial charge in [0.15, 0.2) is 0 Å². The fourth-order valence-electron chi connectivity index (χ4n) is 1.55. The molecule has 0 spiro atoms. The second kappa shape index (κ2) is 7.69. The van der Waals surface area contributed by atoms with Gasteiger partial charge in [-0.25, -0.2) is 13.6 Å². The number of hydrogen-bond acceptors (Lipinski definition) is 5. The quantitative estimate of drug-likeness (QED) is 0.703. The topological polar surface area (TPSA) is 93.4 Å². The summed E-state index contributed by atoms with van der Waals surface area (Å²) in [6.45, 7) is 3.67. The Hall–Kier alpha value is -1.74. The molecule has 1 aromatic heterocycles. The molecule has 0 atom stereocenters. The van der Waals surface area contributed by atoms with Crippen molar-refractivity contribution in [3.8, 4) is 0 Å². The van der Waals surface area contributed by atoms with Crippen LogP contribution in [0.2, 0.25) is 0 Å². The van der Waals surface area contributed by atoms with Gasteiger partial charge in [0, 0.05) is 16.8 Å². The van der Waals surface area contributed by atoms with Gasteiger partial charge >= 0.3 is 6.09 Å². The van der Waals surface area contributed by atoms with Gasteiger partial charge in [-0.05, 0) is 26.8 Å². The van der Waals surface area contributed by atoms with Crippen LogP contribution < -0.4 is 16.4 Å². The lowest BCUT2D eigenvalue weighted by atomic mass is 10.2. The molecule has 1 rings (SSSR count). The minimum atomic E-state index is -3.12. The van der Waals surface area contributed by atoms with E-state index in [0.717, 1.165) is 4.88 Å². The third kappa shape index (κ3) is 7.89. The molecule has 0 saturated carbocycles. The summed E-state index contributed by atoms with van der Waals surface area (Å²) in [5.74, 6) is -3.68. The summed E-state index contributed by atoms with van der Waals surface area (Å²) in [5.41, 5.74) is 4.72. The summed E-state index contributed by atoms with van der Waals surface area (Å²) in [6.07, 6.45) is -0.887. The SMILES string of the molecule is CC(C)(C)OC(=O)NCC(F)(F)CNCc1cc(C(N)=O)cs1. The van der Waals surface area contributed by atoms with E-state index in [1.54, 1.807) is 32.2 Å². The number of nitrogens with two attached hydrogens (primary N) is 1. The van der Waals surface area contributed by atoms with Crippen molar-refractivity contribution < 1.29 is 23.1 Å². The van der Waals surface area contributed by atoms with Gasteiger partial charge in [-0.1, -0.05) is 0 Å². The predicted molar refractivity (Wildman–Crippen MR) is 83.7 cm³/mol. The molecule has 9 heteroatoms. The van der Waals surface area contributed by atoms with Crippen LogP contribution in [0.4, 0.5) is 13.6 Å². The van der Waals surface area contributed by atoms with Crippen LogP contribution in [0.5, 0.6) is 0 Å². The van der Waals surface area contributed by atoms with E-state index in [2.05, 4.69) is 5.32 Å². The average molecular weight is 349 g/mol. The van der Waals surface area contributed by atoms with Crippen LogP contribution in [-0.4, -0.2) is 36.6 Å². The number of alkyl halides is 2. The van der Waals surface area contributed by atoms with Crippen molar-refractivity contribution in [2.75, 3.05) is 13.1 Å². The molecule has 0 fully saturated rings. The molecule has 0 saturated heterocycles. The van der Waals surface area contributed by atoms with Crippen molar-refractivity contribution in [3.63, 3.8) is 0 Å². The Kier molecular flexibility index (Phi) is 6.46. The Balaban J connectivity index is 2.34. The summed E-state index contributed by atoms with van der Waals surface area (Å²) < 4.78 is 32.2. The van der Waals surface area contributed by atoms with Crippen LogP contribution in [0, 0.1) is 0 Å². The van der Waals surface area contributed by atoms with Crippen molar-refractivity contribution >= 4 is 23.3 Å². The smallest absolute Gasteiger partial charge is 0.407 e. The van der Waals surface area contributed by atoms with Gasteiger partial charge in [0.25, 0.3) is 5.92 Å². The molecule has 2 amide bonds. The third-order valence-corrected chi connectivity index (χ3v) is 3.45. The molecule has 0 aliphatic carbocycles. The van der Waals surface area contributed by atoms with E-state index in [9.17, 15) is 18.4 Å². The summed E-state index contributed by atoms with van der Waals surface area (Å²) in [5, 5.41) is 6.19. The molecule has 0 radical (unpaired) electrons. The van der Waals surface area contributed by atoms with Crippen LogP contribution in [0.25, 0.3) is 0 Å². The Morgan fingerprint density at radius 3 is 2.48 bits per heavy atom. The molecule has 6 nitrogen and oxygen atoms in total. The van der Waals surface area contributed by atoms with E-state index >= 15 is 0 Å². The van der Waals surface area contributed by atoms with Gasteiger partial charge in [0.05, 0.1) is 18.7 Å². The average Bonchev–Trinajstić information content (AvgIpc) is 2.83. The number of ether oxygens (including phenoxy) is 1. The van der Waals surface area contributed by atoms with E-state index in [1.165, 1.54) is 11.3 Å². The number of thiophene rings is 1. The fourth-order valence-corrected chi connectivity index (χ4v) is 2.39. The minimum Gasteiger partial charge on any atom is -0.444 e. The van der Waals surface area contributed by atoms with Gasteiger partial charge in [0.2, 0.25) is 5.91 Å². The molecule has 130 valence electrons. The molecule has 23 heavy (non-hydrogen) atoms. The summed E-state index contributed by atoms with van der Waals surface area (Å²) >= 11 is 1.26. The molecule has 1 heterocycles. The molecule has 0 aliphatic rings. The molecular weight excluding hydrogens is 328 g/mol. The Labute approximate surface area is 137 Å². The van der Waals surface area contributed by atoms with E-state index in [1.807, 2.05) is 5.32 Å². The maximum atomic E-state index is 13.6. The highest BCUT2D eigenvalue weighted by molar-refractivity contribution is 7.10. The highest BCUT2D eigenvalue weighted by Crippen LogP contribution is 2.15. The highest BCUT2D eigenvalue weighted by atomic mass is 32.1. The Morgan fingerprint density at radius 2 is 1.96 bits per heavy atom. The van der Waals surface area contributed by atoms with Crippen LogP contribution >= 0.6 is 11.3 Å². The number of carbonyl (C=O) groups is 2. The van der Waals surface area contributed by atoms with E-state index in [0.29, 0.717) is 5.56 Å². The predicted octanol–water partition coefficient (Wildman–Crippen LogP) is 2.10. The first-order valence-electron chi connectivity index (χ1n) is 6.91. The zero-order valence-corrected chi connectivity index (χ0v) is 14.1. The molecule has 0 aliphatic heterocycles. The van der Waals surface area contributed by atoms with Crippen molar-refractivity contribution in [1.82, 2.24) is 10.6 Å². The second-order valence-corrected chi connectivity index (χ2v) is 6.98. The third-order valence-electron chi connectivity index (χ3n) is 2.51. The second-order valence-electron chi connectivity index (χ2n) is 5.98. The van der Waals surface area contributed by atoms with Gasteiger partial charge in [0.1, 0.15) is 5.60 Å². The van der Waals surface area contributed by atoms with E-state index in [4.69, 9.17) is 10.5 Å². The zero-order valence-electron chi connectivity index (χ0n) is 13.2. The first kappa shape index (κ1) is 19.3. The molecule has 0 aromatic carbocycles. The van der Waals surface area contributed by atoms with Gasteiger partial charge in [-0.3, -0.25) is 4.79 Å². The highest BCUT2D eigenvalue weighted by Gasteiger charge is 2.30. The number of nitrogens with one attached hydrogen (secondary N) is 2. The first-order chi connectivity index (χ1) is 10.5. The first-order valence-corrected chi connectivity index (χ1v) is 7.79. The minimum absolute atomic E-state index is 0.181. The molecule has 0 unspecified atom stereocenters. The maximum absolute atomic E-state index is 13.6. The number of halogens is 2. The largest absolute Gasteiger partial charge is 0.444 e. The van der Waals surface area contributed by atoms with Crippen molar-refractivity contribution in [2.45, 2.75) is 38.8 Å². The monoisotopic (exact) mass is 349 g/mol. The lowest BCUT2D eigenvalue weighted by Gasteiger charge is -2.22. The maximum Gasteiger partial charge on any atom is 0.407 e. The molecule has 4 N–H and O–H groups in total. The van der Waals surface area contributed by atoms with E-state index < -0.39 is 36.6 Å². The van der Waals surface area contributed by atoms with Crippen molar-refractivity contribution in [2.24, 2.45) is 5.73 Å². The Bertz CT molecular complexity index is 556. The van der Waals surface area contributed by atoms with Crippen LogP contribution in [0.1, 0.15) is 36.0 Å². The van der Waals surface area contributed by atoms with Crippen LogP contribution in [0.3, 0.4) is 0 Å². The van der Waals surface area contributed by atoms with Gasteiger partial charge in [-0.2, -0.15) is 0 Å². The lowest BCUT2D eigenvalue weighted by Crippen LogP contribution is -2.44. The molecular formula is C14H21F2N3O3S. The van der Waals surface area contributed by atoms with Crippen molar-refractivity contribution in [1.29, 1.82) is 0 Å². The zero-order chi connectivity index (χ0) is 17.7. The lowest BCUT2D eigenvalue weighted by molar-refractivity contribution is -0.00372. The number of amides is 2. The number of primary amides is 1. The number of alkyl carbamates (subject to hydrolysis) is 1. The fraction of sp³-hybridized carbons (Fsp3) is 0.571.